The zero-order valence-electron chi connectivity index (χ0n) is 11.1. The summed E-state index contributed by atoms with van der Waals surface area (Å²) >= 11 is 5.94. The van der Waals surface area contributed by atoms with Crippen LogP contribution >= 0.6 is 11.6 Å². The van der Waals surface area contributed by atoms with Crippen LogP contribution in [0.5, 0.6) is 5.75 Å². The quantitative estimate of drug-likeness (QED) is 0.854. The molecule has 0 unspecified atom stereocenters. The molecule has 5 nitrogen and oxygen atoms in total. The molecule has 2 rings (SSSR count). The molecule has 0 atom stereocenters. The summed E-state index contributed by atoms with van der Waals surface area (Å²) < 4.78 is 32.2. The molecule has 7 heteroatoms. The topological polar surface area (TPSA) is 81.4 Å². The summed E-state index contributed by atoms with van der Waals surface area (Å²) in [5, 5.41) is 0.337. The molecule has 0 bridgehead atoms. The average Bonchev–Trinajstić information content (AvgIpc) is 2.48. The highest BCUT2D eigenvalue weighted by molar-refractivity contribution is 7.92. The summed E-state index contributed by atoms with van der Waals surface area (Å²) in [6.45, 7) is 0.776. The molecule has 0 radical (unpaired) electrons. The average molecular weight is 327 g/mol. The number of halogens is 1. The number of nitrogens with one attached hydrogen (secondary N) is 1. The normalized spacial score (nSPS) is 11.1. The van der Waals surface area contributed by atoms with Crippen molar-refractivity contribution in [1.82, 2.24) is 0 Å². The smallest absolute Gasteiger partial charge is 0.261 e. The maximum absolute atomic E-state index is 12.2. The Hall–Kier alpha value is -1.76. The number of rotatable bonds is 6. The monoisotopic (exact) mass is 326 g/mol. The van der Waals surface area contributed by atoms with E-state index in [-0.39, 0.29) is 4.90 Å². The van der Waals surface area contributed by atoms with Crippen molar-refractivity contribution in [3.8, 4) is 5.75 Å². The number of anilines is 1. The highest BCUT2D eigenvalue weighted by atomic mass is 35.5. The maximum Gasteiger partial charge on any atom is 0.261 e. The van der Waals surface area contributed by atoms with E-state index >= 15 is 0 Å². The minimum atomic E-state index is -3.69. The largest absolute Gasteiger partial charge is 0.492 e. The second-order valence-corrected chi connectivity index (χ2v) is 6.28. The molecule has 2 aromatic rings. The standard InChI is InChI=1S/C14H15ClN2O3S/c15-13-3-1-2-4-14(13)17-21(18,19)12-7-5-11(6-8-12)20-10-9-16/h1-8,17H,9-10,16H2. The van der Waals surface area contributed by atoms with Crippen molar-refractivity contribution in [3.63, 3.8) is 0 Å². The lowest BCUT2D eigenvalue weighted by molar-refractivity contribution is 0.328. The Labute approximate surface area is 128 Å². The van der Waals surface area contributed by atoms with E-state index < -0.39 is 10.0 Å². The van der Waals surface area contributed by atoms with E-state index in [0.29, 0.717) is 29.6 Å². The summed E-state index contributed by atoms with van der Waals surface area (Å²) in [6, 6.07) is 12.7. The third-order valence-corrected chi connectivity index (χ3v) is 4.35. The zero-order valence-corrected chi connectivity index (χ0v) is 12.7. The Balaban J connectivity index is 2.18. The Morgan fingerprint density at radius 1 is 1.10 bits per heavy atom. The Kier molecular flexibility index (Phi) is 5.06. The number of hydrogen-bond donors (Lipinski definition) is 2. The van der Waals surface area contributed by atoms with Crippen molar-refractivity contribution in [1.29, 1.82) is 0 Å². The molecule has 0 amide bonds. The van der Waals surface area contributed by atoms with Crippen molar-refractivity contribution >= 4 is 27.3 Å². The fourth-order valence-corrected chi connectivity index (χ4v) is 2.96. The lowest BCUT2D eigenvalue weighted by atomic mass is 10.3. The summed E-state index contributed by atoms with van der Waals surface area (Å²) in [7, 11) is -3.69. The van der Waals surface area contributed by atoms with E-state index in [1.807, 2.05) is 0 Å². The van der Waals surface area contributed by atoms with Crippen LogP contribution in [0.2, 0.25) is 5.02 Å². The molecule has 0 heterocycles. The molecule has 3 N–H and O–H groups in total. The van der Waals surface area contributed by atoms with Crippen LogP contribution in [0.1, 0.15) is 0 Å². The number of para-hydroxylation sites is 1. The number of nitrogens with two attached hydrogens (primary N) is 1. The maximum atomic E-state index is 12.2. The van der Waals surface area contributed by atoms with Gasteiger partial charge in [0.05, 0.1) is 15.6 Å². The van der Waals surface area contributed by atoms with E-state index in [1.54, 1.807) is 36.4 Å². The highest BCUT2D eigenvalue weighted by Gasteiger charge is 2.15. The van der Waals surface area contributed by atoms with E-state index in [0.717, 1.165) is 0 Å². The molecule has 0 aromatic heterocycles. The van der Waals surface area contributed by atoms with Crippen LogP contribution in [-0.4, -0.2) is 21.6 Å². The van der Waals surface area contributed by atoms with E-state index in [2.05, 4.69) is 4.72 Å². The first-order valence-electron chi connectivity index (χ1n) is 6.23. The second kappa shape index (κ2) is 6.80. The second-order valence-electron chi connectivity index (χ2n) is 4.19. The first-order chi connectivity index (χ1) is 10.0. The van der Waals surface area contributed by atoms with E-state index in [4.69, 9.17) is 22.1 Å². The van der Waals surface area contributed by atoms with Gasteiger partial charge in [-0.1, -0.05) is 23.7 Å². The molecule has 0 aliphatic rings. The number of hydrogen-bond acceptors (Lipinski definition) is 4. The Morgan fingerprint density at radius 3 is 2.38 bits per heavy atom. The van der Waals surface area contributed by atoms with Crippen LogP contribution < -0.4 is 15.2 Å². The fraction of sp³-hybridized carbons (Fsp3) is 0.143. The van der Waals surface area contributed by atoms with Gasteiger partial charge in [-0.25, -0.2) is 8.42 Å². The first kappa shape index (κ1) is 15.6. The lowest BCUT2D eigenvalue weighted by Gasteiger charge is -2.10. The summed E-state index contributed by atoms with van der Waals surface area (Å²) in [4.78, 5) is 0.127. The molecule has 2 aromatic carbocycles. The van der Waals surface area contributed by atoms with Crippen molar-refractivity contribution in [3.05, 3.63) is 53.6 Å². The molecule has 0 spiro atoms. The molecule has 0 saturated carbocycles. The summed E-state index contributed by atoms with van der Waals surface area (Å²) in [6.07, 6.45) is 0. The van der Waals surface area contributed by atoms with Gasteiger partial charge >= 0.3 is 0 Å². The van der Waals surface area contributed by atoms with Gasteiger partial charge < -0.3 is 10.5 Å². The molecule has 112 valence electrons. The van der Waals surface area contributed by atoms with Crippen molar-refractivity contribution in [2.75, 3.05) is 17.9 Å². The van der Waals surface area contributed by atoms with Crippen LogP contribution in [0.25, 0.3) is 0 Å². The van der Waals surface area contributed by atoms with Crippen molar-refractivity contribution in [2.24, 2.45) is 5.73 Å². The summed E-state index contributed by atoms with van der Waals surface area (Å²) in [5.74, 6) is 0.567. The Bertz CT molecular complexity index is 702. The first-order valence-corrected chi connectivity index (χ1v) is 8.09. The van der Waals surface area contributed by atoms with Gasteiger partial charge in [-0.15, -0.1) is 0 Å². The van der Waals surface area contributed by atoms with E-state index in [1.165, 1.54) is 12.1 Å². The Morgan fingerprint density at radius 2 is 1.76 bits per heavy atom. The third kappa shape index (κ3) is 4.10. The molecule has 0 aliphatic carbocycles. The number of ether oxygens (including phenoxy) is 1. The fourth-order valence-electron chi connectivity index (χ4n) is 1.64. The van der Waals surface area contributed by atoms with Gasteiger partial charge in [-0.05, 0) is 36.4 Å². The van der Waals surface area contributed by atoms with Crippen molar-refractivity contribution in [2.45, 2.75) is 4.90 Å². The number of benzene rings is 2. The third-order valence-electron chi connectivity index (χ3n) is 2.64. The molecular formula is C14H15ClN2O3S. The van der Waals surface area contributed by atoms with E-state index in [9.17, 15) is 8.42 Å². The van der Waals surface area contributed by atoms with Crippen LogP contribution in [0.4, 0.5) is 5.69 Å². The predicted molar refractivity (Wildman–Crippen MR) is 83.3 cm³/mol. The lowest BCUT2D eigenvalue weighted by Crippen LogP contribution is -2.13. The van der Waals surface area contributed by atoms with Gasteiger partial charge in [0, 0.05) is 6.54 Å². The summed E-state index contributed by atoms with van der Waals surface area (Å²) in [5.41, 5.74) is 5.67. The van der Waals surface area contributed by atoms with Gasteiger partial charge in [-0.3, -0.25) is 4.72 Å². The van der Waals surface area contributed by atoms with Crippen LogP contribution in [0, 0.1) is 0 Å². The van der Waals surface area contributed by atoms with Crippen LogP contribution in [-0.2, 0) is 10.0 Å². The minimum Gasteiger partial charge on any atom is -0.492 e. The van der Waals surface area contributed by atoms with Gasteiger partial charge in [-0.2, -0.15) is 0 Å². The zero-order chi connectivity index (χ0) is 15.3. The predicted octanol–water partition coefficient (Wildman–Crippen LogP) is 2.48. The molecule has 0 aliphatic heterocycles. The SMILES string of the molecule is NCCOc1ccc(S(=O)(=O)Nc2ccccc2Cl)cc1. The van der Waals surface area contributed by atoms with Gasteiger partial charge in [0.1, 0.15) is 12.4 Å². The molecule has 0 fully saturated rings. The van der Waals surface area contributed by atoms with Gasteiger partial charge in [0.2, 0.25) is 0 Å². The van der Waals surface area contributed by atoms with Crippen LogP contribution in [0.15, 0.2) is 53.4 Å². The molecular weight excluding hydrogens is 312 g/mol. The van der Waals surface area contributed by atoms with Gasteiger partial charge in [0.25, 0.3) is 10.0 Å². The van der Waals surface area contributed by atoms with Crippen LogP contribution in [0.3, 0.4) is 0 Å². The molecule has 21 heavy (non-hydrogen) atoms. The number of sulfonamides is 1. The van der Waals surface area contributed by atoms with Gasteiger partial charge in [0.15, 0.2) is 0 Å². The van der Waals surface area contributed by atoms with Crippen molar-refractivity contribution < 1.29 is 13.2 Å². The highest BCUT2D eigenvalue weighted by Crippen LogP contribution is 2.24. The minimum absolute atomic E-state index is 0.127. The molecule has 0 saturated heterocycles.